The van der Waals surface area contributed by atoms with Gasteiger partial charge in [-0.2, -0.15) is 5.10 Å². The number of carbonyl (C=O) groups excluding carboxylic acids is 1. The van der Waals surface area contributed by atoms with Crippen molar-refractivity contribution in [2.45, 2.75) is 47.1 Å². The Morgan fingerprint density at radius 2 is 2.05 bits per heavy atom. The first-order valence-corrected chi connectivity index (χ1v) is 8.28. The minimum absolute atomic E-state index is 0.176. The molecule has 1 heterocycles. The van der Waals surface area contributed by atoms with Crippen LogP contribution in [0.4, 0.5) is 0 Å². The number of halogens is 1. The first kappa shape index (κ1) is 18.4. The zero-order chi connectivity index (χ0) is 16.2. The average Bonchev–Trinajstić information content (AvgIpc) is 2.65. The van der Waals surface area contributed by atoms with E-state index in [1.807, 2.05) is 18.8 Å². The molecule has 4 nitrogen and oxygen atoms in total. The van der Waals surface area contributed by atoms with Crippen molar-refractivity contribution in [3.05, 3.63) is 16.4 Å². The Balaban J connectivity index is 2.75. The summed E-state index contributed by atoms with van der Waals surface area (Å²) >= 11 is 3.46. The van der Waals surface area contributed by atoms with Gasteiger partial charge in [0.2, 0.25) is 0 Å². The maximum absolute atomic E-state index is 12.6. The first-order chi connectivity index (χ1) is 9.60. The predicted octanol–water partition coefficient (Wildman–Crippen LogP) is 3.85. The lowest BCUT2D eigenvalue weighted by Crippen LogP contribution is -2.22. The molecule has 21 heavy (non-hydrogen) atoms. The van der Waals surface area contributed by atoms with Crippen molar-refractivity contribution in [2.75, 3.05) is 20.6 Å². The summed E-state index contributed by atoms with van der Waals surface area (Å²) in [6.07, 6.45) is 3.34. The highest BCUT2D eigenvalue weighted by atomic mass is 79.9. The fraction of sp³-hybridized carbons (Fsp3) is 0.750. The molecule has 0 saturated heterocycles. The van der Waals surface area contributed by atoms with E-state index in [0.29, 0.717) is 18.0 Å². The van der Waals surface area contributed by atoms with E-state index in [1.54, 1.807) is 6.20 Å². The lowest BCUT2D eigenvalue weighted by atomic mass is 9.83. The van der Waals surface area contributed by atoms with E-state index >= 15 is 0 Å². The molecule has 120 valence electrons. The van der Waals surface area contributed by atoms with Crippen LogP contribution in [-0.4, -0.2) is 41.1 Å². The normalized spacial score (nSPS) is 13.7. The van der Waals surface area contributed by atoms with E-state index in [1.165, 1.54) is 0 Å². The molecule has 1 atom stereocenters. The van der Waals surface area contributed by atoms with Crippen LogP contribution < -0.4 is 0 Å². The number of nitrogens with zero attached hydrogens (tertiary/aromatic N) is 3. The molecule has 0 radical (unpaired) electrons. The van der Waals surface area contributed by atoms with Gasteiger partial charge >= 0.3 is 0 Å². The highest BCUT2D eigenvalue weighted by Crippen LogP contribution is 2.28. The van der Waals surface area contributed by atoms with Gasteiger partial charge < -0.3 is 4.90 Å². The third-order valence-electron chi connectivity index (χ3n) is 3.31. The van der Waals surface area contributed by atoms with Crippen molar-refractivity contribution in [1.29, 1.82) is 0 Å². The summed E-state index contributed by atoms with van der Waals surface area (Å²) in [7, 11) is 4.04. The summed E-state index contributed by atoms with van der Waals surface area (Å²) in [4.78, 5) is 14.7. The third kappa shape index (κ3) is 6.30. The van der Waals surface area contributed by atoms with E-state index in [2.05, 4.69) is 53.6 Å². The largest absolute Gasteiger partial charge is 0.308 e. The molecule has 0 spiro atoms. The second kappa shape index (κ2) is 7.54. The molecule has 0 N–H and O–H groups in total. The zero-order valence-electron chi connectivity index (χ0n) is 14.1. The van der Waals surface area contributed by atoms with Crippen molar-refractivity contribution in [2.24, 2.45) is 11.3 Å². The minimum Gasteiger partial charge on any atom is -0.308 e. The van der Waals surface area contributed by atoms with Gasteiger partial charge in [-0.05, 0) is 47.8 Å². The smallest absolute Gasteiger partial charge is 0.182 e. The average molecular weight is 358 g/mol. The molecule has 0 aliphatic rings. The molecule has 0 aromatic carbocycles. The molecule has 1 aromatic rings. The van der Waals surface area contributed by atoms with Crippen LogP contribution in [0.25, 0.3) is 0 Å². The van der Waals surface area contributed by atoms with Crippen molar-refractivity contribution in [3.8, 4) is 0 Å². The Morgan fingerprint density at radius 1 is 1.43 bits per heavy atom. The Kier molecular flexibility index (Phi) is 6.60. The van der Waals surface area contributed by atoms with E-state index in [-0.39, 0.29) is 11.2 Å². The standard InChI is InChI=1S/C16H28BrN3O/c1-12(10-16(2,3)4)9-14(21)15-13(17)11-18-20(15)8-7-19(5)6/h11-12H,7-10H2,1-6H3. The topological polar surface area (TPSA) is 38.1 Å². The summed E-state index contributed by atoms with van der Waals surface area (Å²) in [6.45, 7) is 10.4. The Hall–Kier alpha value is -0.680. The third-order valence-corrected chi connectivity index (χ3v) is 3.89. The molecule has 0 aliphatic heterocycles. The Labute approximate surface area is 137 Å². The number of carbonyl (C=O) groups is 1. The van der Waals surface area contributed by atoms with Crippen molar-refractivity contribution in [3.63, 3.8) is 0 Å². The van der Waals surface area contributed by atoms with Crippen LogP contribution in [0.3, 0.4) is 0 Å². The summed E-state index contributed by atoms with van der Waals surface area (Å²) in [5.41, 5.74) is 0.958. The van der Waals surface area contributed by atoms with E-state index in [4.69, 9.17) is 0 Å². The van der Waals surface area contributed by atoms with Crippen LogP contribution in [-0.2, 0) is 6.54 Å². The van der Waals surface area contributed by atoms with E-state index in [0.717, 1.165) is 24.0 Å². The SMILES string of the molecule is CC(CC(=O)c1c(Br)cnn1CCN(C)C)CC(C)(C)C. The number of aromatic nitrogens is 2. The van der Waals surface area contributed by atoms with Crippen molar-refractivity contribution < 1.29 is 4.79 Å². The van der Waals surface area contributed by atoms with Gasteiger partial charge in [-0.25, -0.2) is 0 Å². The summed E-state index contributed by atoms with van der Waals surface area (Å²) in [5.74, 6) is 0.552. The Bertz CT molecular complexity index is 474. The molecule has 1 rings (SSSR count). The molecular weight excluding hydrogens is 330 g/mol. The second-order valence-corrected chi connectivity index (χ2v) is 8.22. The maximum Gasteiger partial charge on any atom is 0.182 e. The molecule has 1 unspecified atom stereocenters. The second-order valence-electron chi connectivity index (χ2n) is 7.36. The van der Waals surface area contributed by atoms with E-state index < -0.39 is 0 Å². The zero-order valence-corrected chi connectivity index (χ0v) is 15.7. The van der Waals surface area contributed by atoms with E-state index in [9.17, 15) is 4.79 Å². The van der Waals surface area contributed by atoms with Gasteiger partial charge in [-0.1, -0.05) is 27.7 Å². The van der Waals surface area contributed by atoms with Gasteiger partial charge in [0, 0.05) is 13.0 Å². The molecule has 0 fully saturated rings. The number of likely N-dealkylation sites (N-methyl/N-ethyl adjacent to an activating group) is 1. The molecule has 0 saturated carbocycles. The number of hydrogen-bond donors (Lipinski definition) is 0. The fourth-order valence-corrected chi connectivity index (χ4v) is 3.15. The molecular formula is C16H28BrN3O. The minimum atomic E-state index is 0.176. The first-order valence-electron chi connectivity index (χ1n) is 7.49. The van der Waals surface area contributed by atoms with Crippen LogP contribution in [0.1, 0.15) is 51.0 Å². The monoisotopic (exact) mass is 357 g/mol. The Morgan fingerprint density at radius 3 is 2.57 bits per heavy atom. The lowest BCUT2D eigenvalue weighted by Gasteiger charge is -2.22. The molecule has 0 amide bonds. The van der Waals surface area contributed by atoms with Crippen LogP contribution in [0, 0.1) is 11.3 Å². The highest BCUT2D eigenvalue weighted by Gasteiger charge is 2.22. The highest BCUT2D eigenvalue weighted by molar-refractivity contribution is 9.10. The van der Waals surface area contributed by atoms with Crippen LogP contribution >= 0.6 is 15.9 Å². The summed E-state index contributed by atoms with van der Waals surface area (Å²) < 4.78 is 2.62. The van der Waals surface area contributed by atoms with Gasteiger partial charge in [0.05, 0.1) is 17.2 Å². The van der Waals surface area contributed by atoms with Crippen molar-refractivity contribution in [1.82, 2.24) is 14.7 Å². The number of hydrogen-bond acceptors (Lipinski definition) is 3. The molecule has 1 aromatic heterocycles. The summed E-state index contributed by atoms with van der Waals surface area (Å²) in [6, 6.07) is 0. The van der Waals surface area contributed by atoms with Gasteiger partial charge in [0.1, 0.15) is 5.69 Å². The van der Waals surface area contributed by atoms with Crippen molar-refractivity contribution >= 4 is 21.7 Å². The van der Waals surface area contributed by atoms with Crippen LogP contribution in [0.5, 0.6) is 0 Å². The lowest BCUT2D eigenvalue weighted by molar-refractivity contribution is 0.0942. The van der Waals surface area contributed by atoms with Crippen LogP contribution in [0.15, 0.2) is 10.7 Å². The van der Waals surface area contributed by atoms with Gasteiger partial charge in [-0.15, -0.1) is 0 Å². The maximum atomic E-state index is 12.6. The van der Waals surface area contributed by atoms with Crippen LogP contribution in [0.2, 0.25) is 0 Å². The van der Waals surface area contributed by atoms with Gasteiger partial charge in [0.15, 0.2) is 5.78 Å². The predicted molar refractivity (Wildman–Crippen MR) is 90.7 cm³/mol. The number of Topliss-reactive ketones (excluding diaryl/α,β-unsaturated/α-hetero) is 1. The quantitative estimate of drug-likeness (QED) is 0.695. The van der Waals surface area contributed by atoms with Gasteiger partial charge in [-0.3, -0.25) is 9.48 Å². The molecule has 0 bridgehead atoms. The molecule has 0 aliphatic carbocycles. The molecule has 5 heteroatoms. The van der Waals surface area contributed by atoms with Gasteiger partial charge in [0.25, 0.3) is 0 Å². The number of rotatable bonds is 7. The summed E-state index contributed by atoms with van der Waals surface area (Å²) in [5, 5.41) is 4.31. The fourth-order valence-electron chi connectivity index (χ4n) is 2.63. The number of ketones is 1.